The van der Waals surface area contributed by atoms with E-state index in [1.165, 1.54) is 12.1 Å². The molecule has 1 aliphatic rings. The zero-order valence-corrected chi connectivity index (χ0v) is 16.9. The lowest BCUT2D eigenvalue weighted by molar-refractivity contribution is -0.138. The number of fused-ring (bicyclic) bond motifs is 3. The van der Waals surface area contributed by atoms with E-state index in [0.717, 1.165) is 47.3 Å². The summed E-state index contributed by atoms with van der Waals surface area (Å²) in [4.78, 5) is 11.4. The number of rotatable bonds is 4. The largest absolute Gasteiger partial charge is 0.481 e. The highest BCUT2D eigenvalue weighted by Crippen LogP contribution is 2.35. The van der Waals surface area contributed by atoms with Gasteiger partial charge >= 0.3 is 12.1 Å². The van der Waals surface area contributed by atoms with Crippen LogP contribution in [0.4, 0.5) is 13.2 Å². The van der Waals surface area contributed by atoms with Crippen molar-refractivity contribution in [2.75, 3.05) is 0 Å². The molecule has 5 rings (SSSR count). The summed E-state index contributed by atoms with van der Waals surface area (Å²) in [6.07, 6.45) is 1.45. The summed E-state index contributed by atoms with van der Waals surface area (Å²) in [5.74, 6) is -0.858. The summed E-state index contributed by atoms with van der Waals surface area (Å²) >= 11 is 0. The first-order valence-corrected chi connectivity index (χ1v) is 10.2. The molecule has 1 N–H and O–H groups in total. The standard InChI is InChI=1S/C23H19F3N4O2/c24-23(25,26)15-6-4-14(5-7-15)19-13-30(28-27-19)16-8-9-17-18(12-22(31)32)20-3-1-2-10-29(20)21(17)11-16/h1-7,10,13,16H,8-9,11-12H2,(H,31,32). The first-order chi connectivity index (χ1) is 15.3. The minimum absolute atomic E-state index is 0.0189. The summed E-state index contributed by atoms with van der Waals surface area (Å²) in [6.45, 7) is 0. The van der Waals surface area contributed by atoms with Crippen molar-refractivity contribution in [3.05, 3.63) is 77.2 Å². The van der Waals surface area contributed by atoms with E-state index in [-0.39, 0.29) is 12.5 Å². The average molecular weight is 440 g/mol. The van der Waals surface area contributed by atoms with Gasteiger partial charge in [-0.2, -0.15) is 13.2 Å². The Kier molecular flexibility index (Phi) is 4.76. The molecule has 3 heterocycles. The molecule has 0 aliphatic heterocycles. The van der Waals surface area contributed by atoms with Crippen LogP contribution in [0.2, 0.25) is 0 Å². The first-order valence-electron chi connectivity index (χ1n) is 10.2. The molecule has 1 unspecified atom stereocenters. The van der Waals surface area contributed by atoms with Gasteiger partial charge in [-0.25, -0.2) is 4.68 Å². The molecule has 1 atom stereocenters. The molecule has 0 bridgehead atoms. The minimum atomic E-state index is -4.38. The monoisotopic (exact) mass is 440 g/mol. The van der Waals surface area contributed by atoms with Crippen LogP contribution in [-0.2, 0) is 30.2 Å². The third-order valence-electron chi connectivity index (χ3n) is 6.05. The van der Waals surface area contributed by atoms with Gasteiger partial charge in [-0.3, -0.25) is 4.79 Å². The van der Waals surface area contributed by atoms with E-state index in [2.05, 4.69) is 10.3 Å². The Morgan fingerprint density at radius 2 is 1.94 bits per heavy atom. The van der Waals surface area contributed by atoms with Gasteiger partial charge in [-0.05, 0) is 48.2 Å². The number of hydrogen-bond acceptors (Lipinski definition) is 3. The second kappa shape index (κ2) is 7.51. The van der Waals surface area contributed by atoms with Gasteiger partial charge in [0, 0.05) is 29.4 Å². The number of alkyl halides is 3. The molecule has 0 fully saturated rings. The van der Waals surface area contributed by atoms with E-state index in [0.29, 0.717) is 17.7 Å². The third-order valence-corrected chi connectivity index (χ3v) is 6.05. The molecule has 0 radical (unpaired) electrons. The quantitative estimate of drug-likeness (QED) is 0.505. The van der Waals surface area contributed by atoms with Crippen molar-refractivity contribution in [1.29, 1.82) is 0 Å². The zero-order chi connectivity index (χ0) is 22.5. The van der Waals surface area contributed by atoms with Crippen LogP contribution >= 0.6 is 0 Å². The molecule has 32 heavy (non-hydrogen) atoms. The van der Waals surface area contributed by atoms with Crippen LogP contribution in [0.5, 0.6) is 0 Å². The van der Waals surface area contributed by atoms with Crippen LogP contribution in [0.15, 0.2) is 54.9 Å². The van der Waals surface area contributed by atoms with Gasteiger partial charge in [0.25, 0.3) is 0 Å². The molecule has 4 aromatic rings. The Labute approximate surface area is 180 Å². The lowest BCUT2D eigenvalue weighted by Crippen LogP contribution is -2.20. The van der Waals surface area contributed by atoms with Crippen LogP contribution in [0.3, 0.4) is 0 Å². The van der Waals surface area contributed by atoms with Crippen molar-refractivity contribution in [1.82, 2.24) is 19.4 Å². The zero-order valence-electron chi connectivity index (χ0n) is 16.9. The Morgan fingerprint density at radius 3 is 2.66 bits per heavy atom. The summed E-state index contributed by atoms with van der Waals surface area (Å²) in [5, 5.41) is 17.8. The fourth-order valence-corrected chi connectivity index (χ4v) is 4.54. The van der Waals surface area contributed by atoms with E-state index >= 15 is 0 Å². The molecule has 1 aromatic carbocycles. The van der Waals surface area contributed by atoms with Crippen LogP contribution in [0.1, 0.15) is 34.8 Å². The van der Waals surface area contributed by atoms with Gasteiger partial charge in [0.2, 0.25) is 0 Å². The molecule has 0 amide bonds. The number of carboxylic acid groups (broad SMARTS) is 1. The Balaban J connectivity index is 1.44. The highest BCUT2D eigenvalue weighted by atomic mass is 19.4. The maximum Gasteiger partial charge on any atom is 0.416 e. The average Bonchev–Trinajstić information content (AvgIpc) is 3.37. The van der Waals surface area contributed by atoms with E-state index in [4.69, 9.17) is 0 Å². The van der Waals surface area contributed by atoms with Crippen LogP contribution in [0, 0.1) is 0 Å². The molecule has 0 saturated carbocycles. The predicted molar refractivity (Wildman–Crippen MR) is 110 cm³/mol. The summed E-state index contributed by atoms with van der Waals surface area (Å²) < 4.78 is 42.2. The predicted octanol–water partition coefficient (Wildman–Crippen LogP) is 4.57. The number of aliphatic carboxylic acids is 1. The molecule has 164 valence electrons. The Hall–Kier alpha value is -3.62. The van der Waals surface area contributed by atoms with Gasteiger partial charge in [-0.15, -0.1) is 5.10 Å². The molecule has 6 nitrogen and oxygen atoms in total. The number of carboxylic acids is 1. The third kappa shape index (κ3) is 3.53. The lowest BCUT2D eigenvalue weighted by atomic mass is 9.90. The van der Waals surface area contributed by atoms with E-state index in [1.807, 2.05) is 28.8 Å². The number of carbonyl (C=O) groups is 1. The van der Waals surface area contributed by atoms with Gasteiger partial charge < -0.3 is 9.51 Å². The van der Waals surface area contributed by atoms with Crippen LogP contribution in [0.25, 0.3) is 16.8 Å². The van der Waals surface area contributed by atoms with Crippen molar-refractivity contribution < 1.29 is 23.1 Å². The van der Waals surface area contributed by atoms with Gasteiger partial charge in [0.1, 0.15) is 5.69 Å². The van der Waals surface area contributed by atoms with Gasteiger partial charge in [0.05, 0.1) is 24.2 Å². The van der Waals surface area contributed by atoms with E-state index in [1.54, 1.807) is 10.9 Å². The highest BCUT2D eigenvalue weighted by molar-refractivity contribution is 5.77. The summed E-state index contributed by atoms with van der Waals surface area (Å²) in [6, 6.07) is 10.6. The molecular formula is C23H19F3N4O2. The molecule has 3 aromatic heterocycles. The number of aromatic nitrogens is 4. The summed E-state index contributed by atoms with van der Waals surface area (Å²) in [5.41, 5.74) is 4.29. The van der Waals surface area contributed by atoms with Gasteiger partial charge in [0.15, 0.2) is 0 Å². The maximum absolute atomic E-state index is 12.8. The lowest BCUT2D eigenvalue weighted by Gasteiger charge is -2.23. The van der Waals surface area contributed by atoms with E-state index in [9.17, 15) is 23.1 Å². The van der Waals surface area contributed by atoms with Crippen LogP contribution in [-0.4, -0.2) is 30.5 Å². The van der Waals surface area contributed by atoms with Crippen molar-refractivity contribution in [3.8, 4) is 11.3 Å². The fraction of sp³-hybridized carbons (Fsp3) is 0.261. The number of benzene rings is 1. The van der Waals surface area contributed by atoms with Crippen molar-refractivity contribution in [3.63, 3.8) is 0 Å². The number of hydrogen-bond donors (Lipinski definition) is 1. The second-order valence-electron chi connectivity index (χ2n) is 7.99. The second-order valence-corrected chi connectivity index (χ2v) is 7.99. The topological polar surface area (TPSA) is 72.4 Å². The smallest absolute Gasteiger partial charge is 0.416 e. The fourth-order valence-electron chi connectivity index (χ4n) is 4.54. The Morgan fingerprint density at radius 1 is 1.16 bits per heavy atom. The number of nitrogens with zero attached hydrogens (tertiary/aromatic N) is 4. The Bertz CT molecular complexity index is 1310. The first kappa shape index (κ1) is 20.3. The van der Waals surface area contributed by atoms with Crippen molar-refractivity contribution in [2.45, 2.75) is 37.9 Å². The van der Waals surface area contributed by atoms with Gasteiger partial charge in [-0.1, -0.05) is 23.4 Å². The molecule has 1 aliphatic carbocycles. The SMILES string of the molecule is O=C(O)Cc1c2c(n3ccccc13)CC(n1cc(-c3ccc(C(F)(F)F)cc3)nn1)CC2. The van der Waals surface area contributed by atoms with Crippen LogP contribution < -0.4 is 0 Å². The maximum atomic E-state index is 12.8. The van der Waals surface area contributed by atoms with Crippen molar-refractivity contribution in [2.24, 2.45) is 0 Å². The summed E-state index contributed by atoms with van der Waals surface area (Å²) in [7, 11) is 0. The molecule has 9 heteroatoms. The number of halogens is 3. The molecular weight excluding hydrogens is 421 g/mol. The molecule has 0 saturated heterocycles. The highest BCUT2D eigenvalue weighted by Gasteiger charge is 2.30. The molecule has 0 spiro atoms. The van der Waals surface area contributed by atoms with Crippen molar-refractivity contribution >= 4 is 11.5 Å². The minimum Gasteiger partial charge on any atom is -0.481 e. The normalized spacial score (nSPS) is 16.3. The number of pyridine rings is 1. The van der Waals surface area contributed by atoms with E-state index < -0.39 is 17.7 Å².